The summed E-state index contributed by atoms with van der Waals surface area (Å²) in [5, 5.41) is 0. The lowest BCUT2D eigenvalue weighted by Crippen LogP contribution is -2.51. The zero-order valence-corrected chi connectivity index (χ0v) is 11.7. The van der Waals surface area contributed by atoms with E-state index in [1.807, 2.05) is 24.3 Å². The van der Waals surface area contributed by atoms with Crippen LogP contribution in [0.5, 0.6) is 11.5 Å². The summed E-state index contributed by atoms with van der Waals surface area (Å²) >= 11 is 0. The maximum Gasteiger partial charge on any atom is 0.172 e. The quantitative estimate of drug-likeness (QED) is 0.912. The molecule has 20 heavy (non-hydrogen) atoms. The van der Waals surface area contributed by atoms with Gasteiger partial charge >= 0.3 is 0 Å². The first kappa shape index (κ1) is 13.7. The van der Waals surface area contributed by atoms with Crippen molar-refractivity contribution in [2.24, 2.45) is 5.73 Å². The van der Waals surface area contributed by atoms with E-state index in [0.29, 0.717) is 19.6 Å². The van der Waals surface area contributed by atoms with Crippen molar-refractivity contribution in [1.29, 1.82) is 0 Å². The molecule has 1 saturated heterocycles. The number of hydrogen-bond donors (Lipinski definition) is 1. The molecule has 1 spiro atoms. The molecular formula is C15H21NO4. The van der Waals surface area contributed by atoms with E-state index in [1.54, 1.807) is 7.11 Å². The molecule has 1 heterocycles. The number of rotatable bonds is 3. The van der Waals surface area contributed by atoms with E-state index in [0.717, 1.165) is 24.3 Å². The first-order valence-electron chi connectivity index (χ1n) is 7.05. The average molecular weight is 279 g/mol. The monoisotopic (exact) mass is 279 g/mol. The van der Waals surface area contributed by atoms with Crippen molar-refractivity contribution in [2.75, 3.05) is 20.3 Å². The first-order chi connectivity index (χ1) is 9.71. The van der Waals surface area contributed by atoms with Crippen LogP contribution in [0.3, 0.4) is 0 Å². The van der Waals surface area contributed by atoms with Crippen molar-refractivity contribution in [3.63, 3.8) is 0 Å². The van der Waals surface area contributed by atoms with Crippen LogP contribution < -0.4 is 15.2 Å². The largest absolute Gasteiger partial charge is 0.497 e. The molecule has 0 bridgehead atoms. The van der Waals surface area contributed by atoms with E-state index < -0.39 is 5.79 Å². The van der Waals surface area contributed by atoms with Gasteiger partial charge in [-0.15, -0.1) is 0 Å². The standard InChI is InChI=1S/C15H21NO4/c1-17-11-2-4-12(5-3-11)20-14-10-15(7-6-13(14)16)18-8-9-19-15/h2-5,13-14H,6-10,16H2,1H3. The summed E-state index contributed by atoms with van der Waals surface area (Å²) in [6.07, 6.45) is 2.28. The smallest absolute Gasteiger partial charge is 0.172 e. The fraction of sp³-hybridized carbons (Fsp3) is 0.600. The van der Waals surface area contributed by atoms with Crippen molar-refractivity contribution >= 4 is 0 Å². The van der Waals surface area contributed by atoms with Gasteiger partial charge in [-0.1, -0.05) is 0 Å². The number of hydrogen-bond acceptors (Lipinski definition) is 5. The Morgan fingerprint density at radius 3 is 2.45 bits per heavy atom. The maximum absolute atomic E-state index is 6.17. The fourth-order valence-electron chi connectivity index (χ4n) is 2.85. The van der Waals surface area contributed by atoms with E-state index in [2.05, 4.69) is 0 Å². The van der Waals surface area contributed by atoms with E-state index in [-0.39, 0.29) is 12.1 Å². The van der Waals surface area contributed by atoms with Gasteiger partial charge in [-0.05, 0) is 30.7 Å². The minimum absolute atomic E-state index is 0.00975. The summed E-state index contributed by atoms with van der Waals surface area (Å²) in [5.74, 6) is 1.12. The van der Waals surface area contributed by atoms with E-state index in [9.17, 15) is 0 Å². The number of ether oxygens (including phenoxy) is 4. The van der Waals surface area contributed by atoms with Gasteiger partial charge in [0.05, 0.1) is 20.3 Å². The molecule has 5 nitrogen and oxygen atoms in total. The number of nitrogens with two attached hydrogens (primary N) is 1. The fourth-order valence-corrected chi connectivity index (χ4v) is 2.85. The molecule has 110 valence electrons. The molecule has 3 rings (SSSR count). The Morgan fingerprint density at radius 1 is 1.15 bits per heavy atom. The van der Waals surface area contributed by atoms with Gasteiger partial charge in [-0.3, -0.25) is 0 Å². The molecular weight excluding hydrogens is 258 g/mol. The normalized spacial score (nSPS) is 28.5. The molecule has 1 aliphatic heterocycles. The molecule has 1 aromatic rings. The second-order valence-electron chi connectivity index (χ2n) is 5.35. The van der Waals surface area contributed by atoms with Crippen molar-refractivity contribution < 1.29 is 18.9 Å². The van der Waals surface area contributed by atoms with Gasteiger partial charge < -0.3 is 24.7 Å². The van der Waals surface area contributed by atoms with Gasteiger partial charge in [0.25, 0.3) is 0 Å². The third-order valence-corrected chi connectivity index (χ3v) is 4.01. The lowest BCUT2D eigenvalue weighted by atomic mass is 9.88. The molecule has 0 aromatic heterocycles. The van der Waals surface area contributed by atoms with Crippen LogP contribution in [0, 0.1) is 0 Å². The SMILES string of the molecule is COc1ccc(OC2CC3(CCC2N)OCCO3)cc1. The predicted molar refractivity (Wildman–Crippen MR) is 73.9 cm³/mol. The van der Waals surface area contributed by atoms with Crippen molar-refractivity contribution in [1.82, 2.24) is 0 Å². The molecule has 0 amide bonds. The van der Waals surface area contributed by atoms with Crippen LogP contribution in [-0.4, -0.2) is 38.3 Å². The van der Waals surface area contributed by atoms with Gasteiger partial charge in [0.2, 0.25) is 0 Å². The topological polar surface area (TPSA) is 62.9 Å². The highest BCUT2D eigenvalue weighted by molar-refractivity contribution is 5.31. The Bertz CT molecular complexity index is 442. The van der Waals surface area contributed by atoms with Crippen LogP contribution in [0.4, 0.5) is 0 Å². The van der Waals surface area contributed by atoms with E-state index in [1.165, 1.54) is 0 Å². The summed E-state index contributed by atoms with van der Waals surface area (Å²) in [6, 6.07) is 7.55. The molecule has 1 saturated carbocycles. The molecule has 5 heteroatoms. The summed E-state index contributed by atoms with van der Waals surface area (Å²) in [5.41, 5.74) is 6.17. The van der Waals surface area contributed by atoms with Crippen molar-refractivity contribution in [2.45, 2.75) is 37.2 Å². The first-order valence-corrected chi connectivity index (χ1v) is 7.05. The molecule has 2 unspecified atom stereocenters. The number of benzene rings is 1. The Kier molecular flexibility index (Phi) is 3.83. The predicted octanol–water partition coefficient (Wildman–Crippen LogP) is 1.70. The summed E-state index contributed by atoms with van der Waals surface area (Å²) in [4.78, 5) is 0. The van der Waals surface area contributed by atoms with Crippen LogP contribution in [0.2, 0.25) is 0 Å². The average Bonchev–Trinajstić information content (AvgIpc) is 2.92. The molecule has 0 radical (unpaired) electrons. The Labute approximate surface area is 118 Å². The van der Waals surface area contributed by atoms with Crippen LogP contribution in [-0.2, 0) is 9.47 Å². The van der Waals surface area contributed by atoms with Gasteiger partial charge in [-0.2, -0.15) is 0 Å². The Morgan fingerprint density at radius 2 is 1.80 bits per heavy atom. The van der Waals surface area contributed by atoms with Gasteiger partial charge in [0, 0.05) is 18.9 Å². The summed E-state index contributed by atoms with van der Waals surface area (Å²) < 4.78 is 22.7. The maximum atomic E-state index is 6.17. The van der Waals surface area contributed by atoms with Crippen LogP contribution in [0.25, 0.3) is 0 Å². The number of methoxy groups -OCH3 is 1. The highest BCUT2D eigenvalue weighted by Gasteiger charge is 2.45. The van der Waals surface area contributed by atoms with Crippen molar-refractivity contribution in [3.05, 3.63) is 24.3 Å². The Hall–Kier alpha value is -1.30. The van der Waals surface area contributed by atoms with Crippen LogP contribution >= 0.6 is 0 Å². The molecule has 2 aliphatic rings. The zero-order chi connectivity index (χ0) is 14.0. The minimum atomic E-state index is -0.479. The zero-order valence-electron chi connectivity index (χ0n) is 11.7. The van der Waals surface area contributed by atoms with Gasteiger partial charge in [0.15, 0.2) is 5.79 Å². The molecule has 2 fully saturated rings. The molecule has 2 N–H and O–H groups in total. The summed E-state index contributed by atoms with van der Waals surface area (Å²) in [6.45, 7) is 1.31. The van der Waals surface area contributed by atoms with Crippen LogP contribution in [0.15, 0.2) is 24.3 Å². The van der Waals surface area contributed by atoms with Gasteiger partial charge in [-0.25, -0.2) is 0 Å². The molecule has 1 aromatic carbocycles. The molecule has 2 atom stereocenters. The lowest BCUT2D eigenvalue weighted by Gasteiger charge is -2.39. The minimum Gasteiger partial charge on any atom is -0.497 e. The summed E-state index contributed by atoms with van der Waals surface area (Å²) in [7, 11) is 1.64. The third kappa shape index (κ3) is 2.75. The highest BCUT2D eigenvalue weighted by Crippen LogP contribution is 2.37. The third-order valence-electron chi connectivity index (χ3n) is 4.01. The van der Waals surface area contributed by atoms with E-state index in [4.69, 9.17) is 24.7 Å². The van der Waals surface area contributed by atoms with Crippen LogP contribution in [0.1, 0.15) is 19.3 Å². The Balaban J connectivity index is 1.67. The lowest BCUT2D eigenvalue weighted by molar-refractivity contribution is -0.195. The van der Waals surface area contributed by atoms with Gasteiger partial charge in [0.1, 0.15) is 17.6 Å². The second-order valence-corrected chi connectivity index (χ2v) is 5.35. The second kappa shape index (κ2) is 5.60. The highest BCUT2D eigenvalue weighted by atomic mass is 16.7. The molecule has 1 aliphatic carbocycles. The van der Waals surface area contributed by atoms with Crippen molar-refractivity contribution in [3.8, 4) is 11.5 Å². The van der Waals surface area contributed by atoms with E-state index >= 15 is 0 Å².